The highest BCUT2D eigenvalue weighted by Gasteiger charge is 2.14. The lowest BCUT2D eigenvalue weighted by atomic mass is 10.2. The predicted molar refractivity (Wildman–Crippen MR) is 74.8 cm³/mol. The van der Waals surface area contributed by atoms with Gasteiger partial charge in [0.2, 0.25) is 0 Å². The van der Waals surface area contributed by atoms with E-state index >= 15 is 0 Å². The number of halogens is 2. The van der Waals surface area contributed by atoms with Gasteiger partial charge in [-0.3, -0.25) is 0 Å². The van der Waals surface area contributed by atoms with Crippen LogP contribution >= 0.6 is 38.9 Å². The molecule has 3 nitrogen and oxygen atoms in total. The molecule has 0 unspecified atom stereocenters. The zero-order chi connectivity index (χ0) is 13.1. The molecule has 94 valence electrons. The molecule has 2 aromatic rings. The van der Waals surface area contributed by atoms with E-state index < -0.39 is 5.97 Å². The Labute approximate surface area is 121 Å². The zero-order valence-corrected chi connectivity index (χ0v) is 12.2. The summed E-state index contributed by atoms with van der Waals surface area (Å²) in [4.78, 5) is 12.0. The van der Waals surface area contributed by atoms with Gasteiger partial charge in [-0.25, -0.2) is 4.79 Å². The minimum atomic E-state index is -1.02. The second-order valence-corrected chi connectivity index (χ2v) is 6.07. The second kappa shape index (κ2) is 5.73. The van der Waals surface area contributed by atoms with E-state index in [2.05, 4.69) is 15.9 Å². The number of ether oxygens (including phenoxy) is 1. The van der Waals surface area contributed by atoms with E-state index in [1.54, 1.807) is 18.2 Å². The van der Waals surface area contributed by atoms with Crippen LogP contribution in [0.1, 0.15) is 15.2 Å². The van der Waals surface area contributed by atoms with Gasteiger partial charge in [-0.1, -0.05) is 17.7 Å². The van der Waals surface area contributed by atoms with Crippen molar-refractivity contribution in [1.82, 2.24) is 0 Å². The Morgan fingerprint density at radius 1 is 1.39 bits per heavy atom. The van der Waals surface area contributed by atoms with E-state index in [-0.39, 0.29) is 5.56 Å². The van der Waals surface area contributed by atoms with Crippen LogP contribution in [0, 0.1) is 0 Å². The average Bonchev–Trinajstić information content (AvgIpc) is 2.73. The smallest absolute Gasteiger partial charge is 0.339 e. The van der Waals surface area contributed by atoms with E-state index in [1.165, 1.54) is 17.4 Å². The largest absolute Gasteiger partial charge is 0.486 e. The maximum absolute atomic E-state index is 11.1. The number of hydrogen-bond donors (Lipinski definition) is 1. The molecule has 0 atom stereocenters. The van der Waals surface area contributed by atoms with Gasteiger partial charge in [-0.2, -0.15) is 0 Å². The molecule has 1 heterocycles. The van der Waals surface area contributed by atoms with Crippen LogP contribution in [0.25, 0.3) is 0 Å². The van der Waals surface area contributed by atoms with Crippen LogP contribution in [-0.4, -0.2) is 11.1 Å². The van der Waals surface area contributed by atoms with E-state index in [4.69, 9.17) is 21.4 Å². The first-order chi connectivity index (χ1) is 8.58. The van der Waals surface area contributed by atoms with E-state index in [1.807, 2.05) is 6.07 Å². The maximum Gasteiger partial charge on any atom is 0.339 e. The maximum atomic E-state index is 11.1. The number of hydrogen-bond acceptors (Lipinski definition) is 3. The van der Waals surface area contributed by atoms with Crippen LogP contribution < -0.4 is 4.74 Å². The summed E-state index contributed by atoms with van der Waals surface area (Å²) in [5, 5.41) is 9.07. The Morgan fingerprint density at radius 3 is 2.78 bits per heavy atom. The highest BCUT2D eigenvalue weighted by atomic mass is 79.9. The monoisotopic (exact) mass is 346 g/mol. The van der Waals surface area contributed by atoms with Crippen molar-refractivity contribution >= 4 is 44.8 Å². The summed E-state index contributed by atoms with van der Waals surface area (Å²) in [6.07, 6.45) is 0. The molecule has 0 fully saturated rings. The Hall–Kier alpha value is -1.04. The molecule has 0 saturated carbocycles. The van der Waals surface area contributed by atoms with E-state index in [0.29, 0.717) is 21.2 Å². The lowest BCUT2D eigenvalue weighted by molar-refractivity contribution is 0.0691. The molecule has 6 heteroatoms. The summed E-state index contributed by atoms with van der Waals surface area (Å²) in [5.41, 5.74) is 0.132. The summed E-state index contributed by atoms with van der Waals surface area (Å²) in [5.74, 6) is -0.690. The molecule has 0 aliphatic heterocycles. The van der Waals surface area contributed by atoms with Crippen molar-refractivity contribution < 1.29 is 14.6 Å². The summed E-state index contributed by atoms with van der Waals surface area (Å²) in [6, 6.07) is 8.53. The Balaban J connectivity index is 2.20. The molecule has 0 spiro atoms. The number of benzene rings is 1. The summed E-state index contributed by atoms with van der Waals surface area (Å²) < 4.78 is 6.85. The normalized spacial score (nSPS) is 10.3. The molecule has 1 aromatic carbocycles. The fourth-order valence-electron chi connectivity index (χ4n) is 1.40. The van der Waals surface area contributed by atoms with Crippen molar-refractivity contribution in [2.45, 2.75) is 6.61 Å². The molecule has 0 amide bonds. The lowest BCUT2D eigenvalue weighted by Gasteiger charge is -2.09. The van der Waals surface area contributed by atoms with Gasteiger partial charge in [-0.15, -0.1) is 11.3 Å². The molecule has 0 saturated heterocycles. The van der Waals surface area contributed by atoms with Crippen molar-refractivity contribution in [3.8, 4) is 5.75 Å². The molecule has 0 aliphatic carbocycles. The minimum Gasteiger partial charge on any atom is -0.486 e. The molecule has 1 aromatic heterocycles. The van der Waals surface area contributed by atoms with Gasteiger partial charge in [0.15, 0.2) is 0 Å². The highest BCUT2D eigenvalue weighted by molar-refractivity contribution is 9.10. The molecule has 0 radical (unpaired) electrons. The van der Waals surface area contributed by atoms with E-state index in [9.17, 15) is 4.79 Å². The van der Waals surface area contributed by atoms with Crippen molar-refractivity contribution in [2.75, 3.05) is 0 Å². The van der Waals surface area contributed by atoms with Crippen molar-refractivity contribution in [3.05, 3.63) is 49.6 Å². The third-order valence-corrected chi connectivity index (χ3v) is 4.01. The number of thiophene rings is 1. The Morgan fingerprint density at radius 2 is 2.17 bits per heavy atom. The van der Waals surface area contributed by atoms with Gasteiger partial charge in [0.05, 0.1) is 8.81 Å². The summed E-state index contributed by atoms with van der Waals surface area (Å²) >= 11 is 10.5. The topological polar surface area (TPSA) is 46.5 Å². The fraction of sp³-hybridized carbons (Fsp3) is 0.0833. The molecule has 2 rings (SSSR count). The number of carboxylic acids is 1. The van der Waals surface area contributed by atoms with Gasteiger partial charge < -0.3 is 9.84 Å². The zero-order valence-electron chi connectivity index (χ0n) is 9.02. The molecule has 1 N–H and O–H groups in total. The van der Waals surface area contributed by atoms with Gasteiger partial charge in [0, 0.05) is 4.88 Å². The molecular formula is C12H8BrClO3S. The standard InChI is InChI=1S/C12H8BrClO3S/c13-9-3-1-2-8(12(15)16)11(9)17-6-7-4-5-10(14)18-7/h1-5H,6H2,(H,15,16). The number of rotatable bonds is 4. The lowest BCUT2D eigenvalue weighted by Crippen LogP contribution is -2.03. The fourth-order valence-corrected chi connectivity index (χ4v) is 2.88. The van der Waals surface area contributed by atoms with Crippen LogP contribution in [0.4, 0.5) is 0 Å². The predicted octanol–water partition coefficient (Wildman–Crippen LogP) is 4.44. The number of carbonyl (C=O) groups is 1. The van der Waals surface area contributed by atoms with E-state index in [0.717, 1.165) is 4.88 Å². The molecular weight excluding hydrogens is 340 g/mol. The summed E-state index contributed by atoms with van der Waals surface area (Å²) in [6.45, 7) is 0.292. The summed E-state index contributed by atoms with van der Waals surface area (Å²) in [7, 11) is 0. The first-order valence-corrected chi connectivity index (χ1v) is 6.95. The number of aromatic carboxylic acids is 1. The first-order valence-electron chi connectivity index (χ1n) is 4.96. The third-order valence-electron chi connectivity index (χ3n) is 2.19. The minimum absolute atomic E-state index is 0.132. The van der Waals surface area contributed by atoms with Gasteiger partial charge in [0.25, 0.3) is 0 Å². The molecule has 0 aliphatic rings. The van der Waals surface area contributed by atoms with Crippen LogP contribution in [0.5, 0.6) is 5.75 Å². The number of para-hydroxylation sites is 1. The first kappa shape index (κ1) is 13.4. The Kier molecular flexibility index (Phi) is 4.27. The van der Waals surface area contributed by atoms with Gasteiger partial charge in [0.1, 0.15) is 17.9 Å². The highest BCUT2D eigenvalue weighted by Crippen LogP contribution is 2.31. The number of carboxylic acid groups (broad SMARTS) is 1. The van der Waals surface area contributed by atoms with Crippen molar-refractivity contribution in [2.24, 2.45) is 0 Å². The quantitative estimate of drug-likeness (QED) is 0.889. The SMILES string of the molecule is O=C(O)c1cccc(Br)c1OCc1ccc(Cl)s1. The van der Waals surface area contributed by atoms with Crippen LogP contribution in [0.15, 0.2) is 34.8 Å². The van der Waals surface area contributed by atoms with Crippen molar-refractivity contribution in [3.63, 3.8) is 0 Å². The van der Waals surface area contributed by atoms with Gasteiger partial charge in [-0.05, 0) is 40.2 Å². The average molecular weight is 348 g/mol. The third kappa shape index (κ3) is 3.04. The van der Waals surface area contributed by atoms with Crippen LogP contribution in [0.2, 0.25) is 4.34 Å². The van der Waals surface area contributed by atoms with Crippen LogP contribution in [-0.2, 0) is 6.61 Å². The van der Waals surface area contributed by atoms with Gasteiger partial charge >= 0.3 is 5.97 Å². The Bertz CT molecular complexity index is 582. The molecule has 0 bridgehead atoms. The molecule has 18 heavy (non-hydrogen) atoms. The second-order valence-electron chi connectivity index (χ2n) is 3.42. The van der Waals surface area contributed by atoms with Crippen molar-refractivity contribution in [1.29, 1.82) is 0 Å². The van der Waals surface area contributed by atoms with Crippen LogP contribution in [0.3, 0.4) is 0 Å².